The minimum Gasteiger partial charge on any atom is -0.497 e. The molecule has 1 saturated heterocycles. The van der Waals surface area contributed by atoms with E-state index in [-0.39, 0.29) is 5.41 Å². The van der Waals surface area contributed by atoms with Crippen molar-refractivity contribution in [1.29, 1.82) is 0 Å². The highest BCUT2D eigenvalue weighted by Crippen LogP contribution is 2.37. The number of ether oxygens (including phenoxy) is 2. The van der Waals surface area contributed by atoms with E-state index in [2.05, 4.69) is 17.4 Å². The summed E-state index contributed by atoms with van der Waals surface area (Å²) in [5.41, 5.74) is 1.61. The lowest BCUT2D eigenvalue weighted by Gasteiger charge is -2.42. The maximum Gasteiger partial charge on any atom is 0.118 e. The van der Waals surface area contributed by atoms with Crippen LogP contribution in [-0.4, -0.2) is 33.9 Å². The lowest BCUT2D eigenvalue weighted by atomic mass is 9.75. The van der Waals surface area contributed by atoms with Crippen molar-refractivity contribution in [1.82, 2.24) is 5.32 Å². The van der Waals surface area contributed by atoms with Crippen molar-refractivity contribution >= 4 is 0 Å². The number of hydrogen-bond acceptors (Lipinski definition) is 3. The van der Waals surface area contributed by atoms with Gasteiger partial charge in [0.25, 0.3) is 0 Å². The second-order valence-electron chi connectivity index (χ2n) is 4.71. The van der Waals surface area contributed by atoms with E-state index < -0.39 is 0 Å². The molecule has 0 atom stereocenters. The van der Waals surface area contributed by atoms with Crippen LogP contribution in [0.15, 0.2) is 24.3 Å². The molecule has 0 amide bonds. The molecule has 17 heavy (non-hydrogen) atoms. The normalized spacial score (nSPS) is 17.5. The number of rotatable bonds is 6. The summed E-state index contributed by atoms with van der Waals surface area (Å²) in [6.07, 6.45) is 2.37. The zero-order valence-electron chi connectivity index (χ0n) is 10.7. The van der Waals surface area contributed by atoms with Gasteiger partial charge in [0.05, 0.1) is 20.3 Å². The van der Waals surface area contributed by atoms with Crippen LogP contribution in [0, 0.1) is 0 Å². The molecular formula is C14H21NO2. The third kappa shape index (κ3) is 2.61. The zero-order valence-corrected chi connectivity index (χ0v) is 10.7. The van der Waals surface area contributed by atoms with Crippen LogP contribution in [0.3, 0.4) is 0 Å². The van der Waals surface area contributed by atoms with Crippen LogP contribution in [0.5, 0.6) is 5.75 Å². The van der Waals surface area contributed by atoms with E-state index in [0.29, 0.717) is 0 Å². The van der Waals surface area contributed by atoms with Crippen LogP contribution < -0.4 is 10.1 Å². The monoisotopic (exact) mass is 235 g/mol. The Kier molecular flexibility index (Phi) is 4.02. The summed E-state index contributed by atoms with van der Waals surface area (Å²) < 4.78 is 10.6. The van der Waals surface area contributed by atoms with E-state index in [1.807, 2.05) is 19.2 Å². The first-order valence-electron chi connectivity index (χ1n) is 6.18. The van der Waals surface area contributed by atoms with Crippen molar-refractivity contribution in [3.8, 4) is 5.75 Å². The van der Waals surface area contributed by atoms with E-state index in [1.165, 1.54) is 18.4 Å². The van der Waals surface area contributed by atoms with Crippen molar-refractivity contribution < 1.29 is 9.47 Å². The summed E-state index contributed by atoms with van der Waals surface area (Å²) in [5.74, 6) is 0.916. The van der Waals surface area contributed by atoms with Gasteiger partial charge in [-0.1, -0.05) is 12.1 Å². The Balaban J connectivity index is 2.05. The molecule has 1 aliphatic rings. The summed E-state index contributed by atoms with van der Waals surface area (Å²) in [5, 5.41) is 3.20. The molecule has 94 valence electrons. The van der Waals surface area contributed by atoms with Crippen LogP contribution in [-0.2, 0) is 10.2 Å². The minimum absolute atomic E-state index is 0.239. The number of methoxy groups -OCH3 is 1. The Hall–Kier alpha value is -1.06. The Morgan fingerprint density at radius 2 is 2.00 bits per heavy atom. The van der Waals surface area contributed by atoms with Gasteiger partial charge in [-0.3, -0.25) is 0 Å². The van der Waals surface area contributed by atoms with Gasteiger partial charge in [-0.2, -0.15) is 0 Å². The Labute approximate surface area is 103 Å². The third-order valence-electron chi connectivity index (χ3n) is 3.54. The molecule has 1 aromatic carbocycles. The third-order valence-corrected chi connectivity index (χ3v) is 3.54. The fourth-order valence-corrected chi connectivity index (χ4v) is 2.35. The lowest BCUT2D eigenvalue weighted by Crippen LogP contribution is -2.47. The molecule has 0 saturated carbocycles. The van der Waals surface area contributed by atoms with Gasteiger partial charge in [-0.25, -0.2) is 0 Å². The Morgan fingerprint density at radius 3 is 2.47 bits per heavy atom. The van der Waals surface area contributed by atoms with Gasteiger partial charge in [-0.15, -0.1) is 0 Å². The zero-order chi connectivity index (χ0) is 12.1. The molecule has 1 aliphatic heterocycles. The SMILES string of the molecule is CNCCCC1(c2ccc(OC)cc2)COC1. The predicted molar refractivity (Wildman–Crippen MR) is 68.7 cm³/mol. The van der Waals surface area contributed by atoms with Crippen molar-refractivity contribution in [2.45, 2.75) is 18.3 Å². The van der Waals surface area contributed by atoms with Gasteiger partial charge >= 0.3 is 0 Å². The molecule has 0 spiro atoms. The van der Waals surface area contributed by atoms with Gasteiger partial charge < -0.3 is 14.8 Å². The van der Waals surface area contributed by atoms with Crippen molar-refractivity contribution in [2.24, 2.45) is 0 Å². The van der Waals surface area contributed by atoms with E-state index >= 15 is 0 Å². The van der Waals surface area contributed by atoms with Crippen molar-refractivity contribution in [3.63, 3.8) is 0 Å². The average molecular weight is 235 g/mol. The first kappa shape index (κ1) is 12.4. The van der Waals surface area contributed by atoms with Crippen molar-refractivity contribution in [2.75, 3.05) is 33.9 Å². The van der Waals surface area contributed by atoms with Crippen LogP contribution in [0.1, 0.15) is 18.4 Å². The van der Waals surface area contributed by atoms with E-state index in [9.17, 15) is 0 Å². The molecule has 0 radical (unpaired) electrons. The lowest BCUT2D eigenvalue weighted by molar-refractivity contribution is -0.0650. The predicted octanol–water partition coefficient (Wildman–Crippen LogP) is 1.96. The Bertz CT molecular complexity index is 344. The molecular weight excluding hydrogens is 214 g/mol. The second-order valence-corrected chi connectivity index (χ2v) is 4.71. The maximum atomic E-state index is 5.43. The van der Waals surface area contributed by atoms with Gasteiger partial charge in [0.1, 0.15) is 5.75 Å². The van der Waals surface area contributed by atoms with E-state index in [4.69, 9.17) is 9.47 Å². The largest absolute Gasteiger partial charge is 0.497 e. The molecule has 0 unspecified atom stereocenters. The molecule has 0 aliphatic carbocycles. The highest BCUT2D eigenvalue weighted by molar-refractivity contribution is 5.34. The summed E-state index contributed by atoms with van der Waals surface area (Å²) >= 11 is 0. The number of nitrogens with one attached hydrogen (secondary N) is 1. The number of hydrogen-bond donors (Lipinski definition) is 1. The van der Waals surface area contributed by atoms with Gasteiger partial charge in [0.15, 0.2) is 0 Å². The standard InChI is InChI=1S/C14H21NO2/c1-15-9-3-8-14(10-17-11-14)12-4-6-13(16-2)7-5-12/h4-7,15H,3,8-11H2,1-2H3. The maximum absolute atomic E-state index is 5.43. The summed E-state index contributed by atoms with van der Waals surface area (Å²) in [4.78, 5) is 0. The molecule has 1 aromatic rings. The van der Waals surface area contributed by atoms with E-state index in [1.54, 1.807) is 7.11 Å². The topological polar surface area (TPSA) is 30.5 Å². The van der Waals surface area contributed by atoms with Gasteiger partial charge in [-0.05, 0) is 44.1 Å². The van der Waals surface area contributed by atoms with Crippen LogP contribution >= 0.6 is 0 Å². The smallest absolute Gasteiger partial charge is 0.118 e. The van der Waals surface area contributed by atoms with Crippen LogP contribution in [0.2, 0.25) is 0 Å². The fourth-order valence-electron chi connectivity index (χ4n) is 2.35. The highest BCUT2D eigenvalue weighted by atomic mass is 16.5. The highest BCUT2D eigenvalue weighted by Gasteiger charge is 2.39. The van der Waals surface area contributed by atoms with Gasteiger partial charge in [0.2, 0.25) is 0 Å². The van der Waals surface area contributed by atoms with Gasteiger partial charge in [0, 0.05) is 5.41 Å². The fraction of sp³-hybridized carbons (Fsp3) is 0.571. The number of benzene rings is 1. The average Bonchev–Trinajstić information content (AvgIpc) is 2.33. The molecule has 3 nitrogen and oxygen atoms in total. The first-order valence-corrected chi connectivity index (χ1v) is 6.18. The molecule has 0 bridgehead atoms. The summed E-state index contributed by atoms with van der Waals surface area (Å²) in [7, 11) is 3.70. The molecule has 1 heterocycles. The molecule has 0 aromatic heterocycles. The quantitative estimate of drug-likeness (QED) is 0.765. The summed E-state index contributed by atoms with van der Waals surface area (Å²) in [6.45, 7) is 2.77. The second kappa shape index (κ2) is 5.52. The molecule has 3 heteroatoms. The minimum atomic E-state index is 0.239. The molecule has 1 N–H and O–H groups in total. The molecule has 1 fully saturated rings. The van der Waals surface area contributed by atoms with Crippen LogP contribution in [0.25, 0.3) is 0 Å². The first-order chi connectivity index (χ1) is 8.30. The van der Waals surface area contributed by atoms with Crippen molar-refractivity contribution in [3.05, 3.63) is 29.8 Å². The Morgan fingerprint density at radius 1 is 1.29 bits per heavy atom. The van der Waals surface area contributed by atoms with E-state index in [0.717, 1.165) is 25.5 Å². The molecule has 2 rings (SSSR count). The summed E-state index contributed by atoms with van der Waals surface area (Å²) in [6, 6.07) is 8.41. The van der Waals surface area contributed by atoms with Crippen LogP contribution in [0.4, 0.5) is 0 Å².